The summed E-state index contributed by atoms with van der Waals surface area (Å²) in [6.45, 7) is 2.44. The maximum absolute atomic E-state index is 9.70. The average Bonchev–Trinajstić information content (AvgIpc) is 3.25. The zero-order valence-electron chi connectivity index (χ0n) is 16.8. The Morgan fingerprint density at radius 2 is 1.50 bits per heavy atom. The van der Waals surface area contributed by atoms with Crippen LogP contribution in [0.1, 0.15) is 50.7 Å². The largest absolute Gasteiger partial charge is 1.00 e. The Balaban J connectivity index is 0.00000128. The summed E-state index contributed by atoms with van der Waals surface area (Å²) >= 11 is -0.682. The van der Waals surface area contributed by atoms with E-state index in [1.165, 1.54) is 39.0 Å². The molecule has 2 atom stereocenters. The van der Waals surface area contributed by atoms with E-state index >= 15 is 0 Å². The monoisotopic (exact) mass is 511 g/mol. The van der Waals surface area contributed by atoms with Crippen molar-refractivity contribution in [3.8, 4) is 11.1 Å². The molecule has 5 rings (SSSR count). The zero-order chi connectivity index (χ0) is 19.1. The first-order chi connectivity index (χ1) is 13.8. The number of benzene rings is 3. The summed E-state index contributed by atoms with van der Waals surface area (Å²) in [5, 5.41) is 9.70. The van der Waals surface area contributed by atoms with E-state index in [0.29, 0.717) is 3.63 Å². The first-order valence-electron chi connectivity index (χ1n) is 9.99. The summed E-state index contributed by atoms with van der Waals surface area (Å²) in [6, 6.07) is 24.6. The molecule has 151 valence electrons. The molecule has 0 amide bonds. The van der Waals surface area contributed by atoms with Gasteiger partial charge < -0.3 is 24.8 Å². The molecular weight excluding hydrogens is 490 g/mol. The standard InChI is InChI=1S/C24H19O.C2H4.2ClH.Zr/c25-13-12-18-14-16-6-2-4-9-20(16)24(18)22-11-5-10-21-19-8-3-1-7-17(19)15-23(21)22;1-2;;;/h1-11,14-15,24-25H,12-13H2;1H,2H3;2*1H;/q;;;;+2/p-2. The Hall–Kier alpha value is -1.31. The Kier molecular flexibility index (Phi) is 7.69. The molecule has 0 heterocycles. The number of hydrogen-bond donors (Lipinski definition) is 1. The van der Waals surface area contributed by atoms with E-state index in [2.05, 4.69) is 83.4 Å². The van der Waals surface area contributed by atoms with Gasteiger partial charge in [0.2, 0.25) is 0 Å². The van der Waals surface area contributed by atoms with Gasteiger partial charge in [-0.05, 0) is 0 Å². The van der Waals surface area contributed by atoms with Crippen molar-refractivity contribution in [3.63, 3.8) is 0 Å². The number of halogens is 2. The van der Waals surface area contributed by atoms with Crippen LogP contribution in [-0.2, 0) is 22.8 Å². The van der Waals surface area contributed by atoms with Gasteiger partial charge in [-0.2, -0.15) is 0 Å². The van der Waals surface area contributed by atoms with Crippen LogP contribution in [0.3, 0.4) is 0 Å². The second kappa shape index (κ2) is 9.88. The van der Waals surface area contributed by atoms with Gasteiger partial charge in [-0.3, -0.25) is 0 Å². The van der Waals surface area contributed by atoms with Crippen molar-refractivity contribution in [3.05, 3.63) is 100 Å². The minimum absolute atomic E-state index is 0. The van der Waals surface area contributed by atoms with Gasteiger partial charge in [-0.25, -0.2) is 0 Å². The van der Waals surface area contributed by atoms with Crippen LogP contribution in [0.2, 0.25) is 0 Å². The van der Waals surface area contributed by atoms with Gasteiger partial charge in [0, 0.05) is 0 Å². The summed E-state index contributed by atoms with van der Waals surface area (Å²) in [6.07, 6.45) is 3.04. The fourth-order valence-corrected chi connectivity index (χ4v) is 8.06. The van der Waals surface area contributed by atoms with E-state index in [-0.39, 0.29) is 37.3 Å². The summed E-state index contributed by atoms with van der Waals surface area (Å²) in [4.78, 5) is 0. The van der Waals surface area contributed by atoms with Crippen LogP contribution in [0.5, 0.6) is 0 Å². The first-order valence-corrected chi connectivity index (χ1v) is 12.8. The van der Waals surface area contributed by atoms with Gasteiger partial charge in [0.1, 0.15) is 0 Å². The second-order valence-electron chi connectivity index (χ2n) is 7.54. The fraction of sp³-hybridized carbons (Fsp3) is 0.192. The average molecular weight is 514 g/mol. The van der Waals surface area contributed by atoms with Crippen LogP contribution in [0.15, 0.2) is 72.3 Å². The molecule has 1 N–H and O–H groups in total. The van der Waals surface area contributed by atoms with Crippen molar-refractivity contribution in [1.82, 2.24) is 0 Å². The van der Waals surface area contributed by atoms with Crippen LogP contribution in [0, 0.1) is 0 Å². The third-order valence-corrected chi connectivity index (χ3v) is 9.17. The summed E-state index contributed by atoms with van der Waals surface area (Å²) in [7, 11) is 0. The topological polar surface area (TPSA) is 20.2 Å². The number of fused-ring (bicyclic) bond motifs is 4. The van der Waals surface area contributed by atoms with Gasteiger partial charge in [0.25, 0.3) is 0 Å². The van der Waals surface area contributed by atoms with E-state index < -0.39 is 22.8 Å². The molecule has 2 aliphatic rings. The Labute approximate surface area is 202 Å². The predicted molar refractivity (Wildman–Crippen MR) is 113 cm³/mol. The molecule has 4 heteroatoms. The third-order valence-electron chi connectivity index (χ3n) is 6.05. The van der Waals surface area contributed by atoms with Gasteiger partial charge in [-0.15, -0.1) is 0 Å². The summed E-state index contributed by atoms with van der Waals surface area (Å²) < 4.78 is 3.04. The van der Waals surface area contributed by atoms with Crippen molar-refractivity contribution in [2.45, 2.75) is 22.9 Å². The van der Waals surface area contributed by atoms with Crippen molar-refractivity contribution in [2.75, 3.05) is 6.61 Å². The molecule has 0 radical (unpaired) electrons. The molecule has 0 aromatic heterocycles. The van der Waals surface area contributed by atoms with Crippen molar-refractivity contribution in [2.24, 2.45) is 0 Å². The molecular formula is C26H23Cl2OZr. The van der Waals surface area contributed by atoms with E-state index in [9.17, 15) is 5.11 Å². The number of rotatable bonds is 4. The Bertz CT molecular complexity index is 1120. The molecule has 2 aliphatic carbocycles. The number of hydrogen-bond acceptors (Lipinski definition) is 1. The molecule has 0 aliphatic heterocycles. The maximum atomic E-state index is 9.70. The van der Waals surface area contributed by atoms with Gasteiger partial charge in [0.05, 0.1) is 0 Å². The van der Waals surface area contributed by atoms with Crippen LogP contribution >= 0.6 is 0 Å². The van der Waals surface area contributed by atoms with Crippen molar-refractivity contribution >= 4 is 9.78 Å². The molecule has 3 aromatic rings. The summed E-state index contributed by atoms with van der Waals surface area (Å²) in [5.74, 6) is 0.270. The molecule has 2 unspecified atom stereocenters. The van der Waals surface area contributed by atoms with Crippen LogP contribution < -0.4 is 24.8 Å². The molecule has 0 bridgehead atoms. The number of aliphatic hydroxyl groups is 1. The second-order valence-corrected chi connectivity index (χ2v) is 11.2. The van der Waals surface area contributed by atoms with E-state index in [0.717, 1.165) is 6.42 Å². The van der Waals surface area contributed by atoms with Crippen molar-refractivity contribution < 1.29 is 52.7 Å². The zero-order valence-corrected chi connectivity index (χ0v) is 20.7. The van der Waals surface area contributed by atoms with Crippen LogP contribution in [0.4, 0.5) is 0 Å². The minimum Gasteiger partial charge on any atom is -1.00 e. The minimum atomic E-state index is -0.682. The van der Waals surface area contributed by atoms with Crippen LogP contribution in [0.25, 0.3) is 17.2 Å². The van der Waals surface area contributed by atoms with Crippen molar-refractivity contribution in [1.29, 1.82) is 0 Å². The smallest absolute Gasteiger partial charge is 1.00 e. The Morgan fingerprint density at radius 1 is 0.833 bits per heavy atom. The normalized spacial score (nSPS) is 17.9. The SMILES string of the molecule is C[CH]=[Zr+2][CH]1c2ccccc2-c2cccc(C3C(CCO)=Cc4ccccc43)c21.[Cl-].[Cl-]. The van der Waals surface area contributed by atoms with E-state index in [1.807, 2.05) is 0 Å². The van der Waals surface area contributed by atoms with Gasteiger partial charge >= 0.3 is 178 Å². The van der Waals surface area contributed by atoms with Crippen LogP contribution in [-0.4, -0.2) is 15.4 Å². The first kappa shape index (κ1) is 23.4. The fourth-order valence-electron chi connectivity index (χ4n) is 4.98. The molecule has 3 aromatic carbocycles. The molecule has 0 saturated heterocycles. The summed E-state index contributed by atoms with van der Waals surface area (Å²) in [5.41, 5.74) is 11.4. The maximum Gasteiger partial charge on any atom is -1.00 e. The molecule has 0 spiro atoms. The predicted octanol–water partition coefficient (Wildman–Crippen LogP) is -0.420. The van der Waals surface area contributed by atoms with Gasteiger partial charge in [0.15, 0.2) is 0 Å². The quantitative estimate of drug-likeness (QED) is 0.503. The third kappa shape index (κ3) is 3.73. The number of aliphatic hydroxyl groups excluding tert-OH is 1. The molecule has 1 nitrogen and oxygen atoms in total. The molecule has 30 heavy (non-hydrogen) atoms. The molecule has 0 fully saturated rings. The van der Waals surface area contributed by atoms with Gasteiger partial charge in [-0.1, -0.05) is 0 Å². The van der Waals surface area contributed by atoms with E-state index in [4.69, 9.17) is 0 Å². The molecule has 0 saturated carbocycles. The Morgan fingerprint density at radius 3 is 2.27 bits per heavy atom. The van der Waals surface area contributed by atoms with E-state index in [1.54, 1.807) is 5.56 Å².